The van der Waals surface area contributed by atoms with E-state index in [1.807, 2.05) is 0 Å². The van der Waals surface area contributed by atoms with Gasteiger partial charge in [0, 0.05) is 0 Å². The molecule has 0 radical (unpaired) electrons. The van der Waals surface area contributed by atoms with E-state index in [4.69, 9.17) is 9.47 Å². The zero-order valence-electron chi connectivity index (χ0n) is 10.9. The molecule has 0 bridgehead atoms. The zero-order valence-corrected chi connectivity index (χ0v) is 13.2. The Hall–Kier alpha value is -0.0704. The van der Waals surface area contributed by atoms with Gasteiger partial charge < -0.3 is 0 Å². The third-order valence-corrected chi connectivity index (χ3v) is 6.37. The van der Waals surface area contributed by atoms with Crippen LogP contribution in [0.2, 0.25) is 3.97 Å². The Kier molecular flexibility index (Phi) is 7.88. The monoisotopic (exact) mass is 352 g/mol. The first-order chi connectivity index (χ1) is 8.31. The molecular weight excluding hydrogens is 328 g/mol. The van der Waals surface area contributed by atoms with E-state index in [2.05, 4.69) is 37.3 Å². The molecule has 1 rings (SSSR count). The van der Waals surface area contributed by atoms with Crippen LogP contribution in [-0.2, 0) is 9.47 Å². The van der Waals surface area contributed by atoms with Crippen molar-refractivity contribution < 1.29 is 9.47 Å². The Morgan fingerprint density at radius 1 is 1.12 bits per heavy atom. The summed E-state index contributed by atoms with van der Waals surface area (Å²) in [6.07, 6.45) is 3.66. The molecule has 0 fully saturated rings. The Morgan fingerprint density at radius 3 is 2.29 bits per heavy atom. The predicted octanol–water partition coefficient (Wildman–Crippen LogP) is 2.61. The van der Waals surface area contributed by atoms with E-state index in [-0.39, 0.29) is 27.2 Å². The Morgan fingerprint density at radius 2 is 1.76 bits per heavy atom. The maximum atomic E-state index is 5.44. The molecule has 0 amide bonds. The topological polar surface area (TPSA) is 18.5 Å². The van der Waals surface area contributed by atoms with Gasteiger partial charge in [0.1, 0.15) is 0 Å². The van der Waals surface area contributed by atoms with Crippen LogP contribution in [0.3, 0.4) is 0 Å². The number of rotatable bonds is 8. The molecule has 1 unspecified atom stereocenters. The van der Waals surface area contributed by atoms with Crippen molar-refractivity contribution in [2.75, 3.05) is 14.2 Å². The van der Waals surface area contributed by atoms with Gasteiger partial charge in [-0.15, -0.1) is 0 Å². The van der Waals surface area contributed by atoms with Crippen molar-refractivity contribution in [3.63, 3.8) is 0 Å². The van der Waals surface area contributed by atoms with E-state index < -0.39 is 0 Å². The van der Waals surface area contributed by atoms with E-state index in [0.29, 0.717) is 3.97 Å². The molecule has 0 aliphatic heterocycles. The summed E-state index contributed by atoms with van der Waals surface area (Å²) in [5, 5.41) is 0. The molecule has 17 heavy (non-hydrogen) atoms. The first-order valence-electron chi connectivity index (χ1n) is 6.09. The van der Waals surface area contributed by atoms with Gasteiger partial charge in [0.05, 0.1) is 0 Å². The van der Waals surface area contributed by atoms with Crippen LogP contribution in [0.5, 0.6) is 0 Å². The number of hydrogen-bond acceptors (Lipinski definition) is 2. The molecule has 0 saturated heterocycles. The summed E-state index contributed by atoms with van der Waals surface area (Å²) in [7, 11) is 3.48. The Bertz CT molecular complexity index is 286. The standard InChI is InChI=1S/C14H22O2Te/c1-4-5-11-13(14(15-2)16-3)17-12-9-7-6-8-10-12/h6-10,13-14H,4-5,11H2,1-3H3. The van der Waals surface area contributed by atoms with Crippen molar-refractivity contribution in [1.82, 2.24) is 0 Å². The van der Waals surface area contributed by atoms with Crippen LogP contribution < -0.4 is 3.61 Å². The zero-order chi connectivity index (χ0) is 12.5. The average molecular weight is 350 g/mol. The summed E-state index contributed by atoms with van der Waals surface area (Å²) >= 11 is -0.250. The second kappa shape index (κ2) is 8.94. The fourth-order valence-corrected chi connectivity index (χ4v) is 5.39. The Labute approximate surface area is 115 Å². The van der Waals surface area contributed by atoms with Crippen molar-refractivity contribution >= 4 is 24.5 Å². The normalized spacial score (nSPS) is 12.9. The van der Waals surface area contributed by atoms with Crippen LogP contribution in [-0.4, -0.2) is 41.4 Å². The number of ether oxygens (including phenoxy) is 2. The number of methoxy groups -OCH3 is 2. The quantitative estimate of drug-likeness (QED) is 0.530. The van der Waals surface area contributed by atoms with Gasteiger partial charge in [-0.3, -0.25) is 0 Å². The summed E-state index contributed by atoms with van der Waals surface area (Å²) in [4.78, 5) is 0. The maximum absolute atomic E-state index is 5.44. The molecule has 96 valence electrons. The van der Waals surface area contributed by atoms with Crippen molar-refractivity contribution in [3.05, 3.63) is 30.3 Å². The van der Waals surface area contributed by atoms with Crippen LogP contribution in [0.1, 0.15) is 26.2 Å². The van der Waals surface area contributed by atoms with Gasteiger partial charge in [0.2, 0.25) is 0 Å². The molecule has 0 aliphatic rings. The second-order valence-corrected chi connectivity index (χ2v) is 7.70. The fourth-order valence-electron chi connectivity index (χ4n) is 1.73. The first kappa shape index (κ1) is 15.0. The molecule has 3 heteroatoms. The summed E-state index contributed by atoms with van der Waals surface area (Å²) in [5.41, 5.74) is 0. The SMILES string of the molecule is CCCCC([Te]c1ccccc1)C(OC)OC. The molecule has 1 aromatic carbocycles. The van der Waals surface area contributed by atoms with Crippen molar-refractivity contribution in [1.29, 1.82) is 0 Å². The van der Waals surface area contributed by atoms with E-state index in [9.17, 15) is 0 Å². The van der Waals surface area contributed by atoms with Crippen molar-refractivity contribution in [3.8, 4) is 0 Å². The van der Waals surface area contributed by atoms with Gasteiger partial charge in [-0.1, -0.05) is 0 Å². The van der Waals surface area contributed by atoms with E-state index >= 15 is 0 Å². The van der Waals surface area contributed by atoms with Crippen LogP contribution >= 0.6 is 0 Å². The van der Waals surface area contributed by atoms with E-state index in [1.54, 1.807) is 14.2 Å². The molecule has 1 atom stereocenters. The van der Waals surface area contributed by atoms with Gasteiger partial charge in [0.25, 0.3) is 0 Å². The summed E-state index contributed by atoms with van der Waals surface area (Å²) < 4.78 is 12.9. The van der Waals surface area contributed by atoms with Crippen LogP contribution in [0.4, 0.5) is 0 Å². The first-order valence-corrected chi connectivity index (χ1v) is 8.60. The van der Waals surface area contributed by atoms with Crippen LogP contribution in [0, 0.1) is 0 Å². The molecule has 1 aromatic rings. The van der Waals surface area contributed by atoms with Crippen LogP contribution in [0.15, 0.2) is 30.3 Å². The molecule has 2 nitrogen and oxygen atoms in total. The second-order valence-electron chi connectivity index (χ2n) is 3.95. The van der Waals surface area contributed by atoms with Gasteiger partial charge >= 0.3 is 115 Å². The Balaban J connectivity index is 2.62. The molecule has 0 aliphatic carbocycles. The van der Waals surface area contributed by atoms with Gasteiger partial charge in [-0.2, -0.15) is 0 Å². The molecule has 0 saturated carbocycles. The molecule has 0 spiro atoms. The third-order valence-electron chi connectivity index (χ3n) is 2.64. The fraction of sp³-hybridized carbons (Fsp3) is 0.571. The van der Waals surface area contributed by atoms with E-state index in [0.717, 1.165) is 0 Å². The van der Waals surface area contributed by atoms with Crippen LogP contribution in [0.25, 0.3) is 0 Å². The number of hydrogen-bond donors (Lipinski definition) is 0. The summed E-state index contributed by atoms with van der Waals surface area (Å²) in [5.74, 6) is 0. The third kappa shape index (κ3) is 5.40. The van der Waals surface area contributed by atoms with Crippen molar-refractivity contribution in [2.24, 2.45) is 0 Å². The average Bonchev–Trinajstić information content (AvgIpc) is 2.38. The number of benzene rings is 1. The molecular formula is C14H22O2Te. The van der Waals surface area contributed by atoms with Gasteiger partial charge in [0.15, 0.2) is 0 Å². The van der Waals surface area contributed by atoms with E-state index in [1.165, 1.54) is 22.9 Å². The molecule has 0 N–H and O–H groups in total. The van der Waals surface area contributed by atoms with Gasteiger partial charge in [-0.25, -0.2) is 0 Å². The molecule has 0 aromatic heterocycles. The van der Waals surface area contributed by atoms with Gasteiger partial charge in [-0.05, 0) is 0 Å². The number of unbranched alkanes of at least 4 members (excludes halogenated alkanes) is 1. The van der Waals surface area contributed by atoms with Crippen molar-refractivity contribution in [2.45, 2.75) is 36.4 Å². The minimum absolute atomic E-state index is 0.0378. The minimum atomic E-state index is -0.250. The predicted molar refractivity (Wildman–Crippen MR) is 72.9 cm³/mol. The summed E-state index contributed by atoms with van der Waals surface area (Å²) in [6.45, 7) is 2.23. The summed E-state index contributed by atoms with van der Waals surface area (Å²) in [6, 6.07) is 10.8. The molecule has 0 heterocycles.